The summed E-state index contributed by atoms with van der Waals surface area (Å²) in [5.41, 5.74) is 2.68. The van der Waals surface area contributed by atoms with Crippen LogP contribution in [0.3, 0.4) is 0 Å². The van der Waals surface area contributed by atoms with Crippen molar-refractivity contribution in [2.45, 2.75) is 43.4 Å². The number of hydrogen-bond donors (Lipinski definition) is 6. The van der Waals surface area contributed by atoms with Crippen LogP contribution in [0.2, 0.25) is 5.28 Å². The van der Waals surface area contributed by atoms with Crippen molar-refractivity contribution < 1.29 is 43.3 Å². The van der Waals surface area contributed by atoms with Crippen LogP contribution in [0, 0.1) is 0 Å². The van der Waals surface area contributed by atoms with Gasteiger partial charge in [0, 0.05) is 0 Å². The van der Waals surface area contributed by atoms with Gasteiger partial charge in [-0.15, -0.1) is 5.10 Å². The Morgan fingerprint density at radius 3 is 2.68 bits per heavy atom. The summed E-state index contributed by atoms with van der Waals surface area (Å²) >= 11 is 6.17. The fourth-order valence-electron chi connectivity index (χ4n) is 4.48. The van der Waals surface area contributed by atoms with Gasteiger partial charge in [0.2, 0.25) is 5.28 Å². The average molecular weight is 577 g/mol. The van der Waals surface area contributed by atoms with Crippen LogP contribution in [0.4, 0.5) is 5.82 Å². The molecule has 1 unspecified atom stereocenters. The fraction of sp³-hybridized carbons (Fsp3) is 0.474. The zero-order valence-electron chi connectivity index (χ0n) is 18.9. The van der Waals surface area contributed by atoms with Gasteiger partial charge >= 0.3 is 15.2 Å². The van der Waals surface area contributed by atoms with Gasteiger partial charge in [0.05, 0.1) is 12.6 Å². The van der Waals surface area contributed by atoms with Crippen LogP contribution in [0.1, 0.15) is 29.8 Å². The third-order valence-corrected chi connectivity index (χ3v) is 9.75. The highest BCUT2D eigenvalue weighted by Crippen LogP contribution is 2.55. The Morgan fingerprint density at radius 1 is 1.16 bits per heavy atom. The molecule has 1 fully saturated rings. The third kappa shape index (κ3) is 5.57. The van der Waals surface area contributed by atoms with Gasteiger partial charge < -0.3 is 39.5 Å². The van der Waals surface area contributed by atoms with E-state index in [1.54, 1.807) is 0 Å². The predicted octanol–water partition coefficient (Wildman–Crippen LogP) is 0.930. The molecule has 200 valence electrons. The molecule has 5 rings (SSSR count). The average Bonchev–Trinajstić information content (AvgIpc) is 3.48. The van der Waals surface area contributed by atoms with Crippen molar-refractivity contribution in [1.82, 2.24) is 25.0 Å². The molecule has 0 amide bonds. The Hall–Kier alpha value is -2.03. The van der Waals surface area contributed by atoms with Crippen molar-refractivity contribution in [3.8, 4) is 0 Å². The molecule has 3 heterocycles. The topological polar surface area (TPSA) is 222 Å². The van der Waals surface area contributed by atoms with Crippen LogP contribution >= 0.6 is 26.8 Å². The lowest BCUT2D eigenvalue weighted by Gasteiger charge is -2.18. The normalized spacial score (nSPS) is 27.4. The predicted molar refractivity (Wildman–Crippen MR) is 128 cm³/mol. The number of aliphatic hydroxyl groups excluding tert-OH is 2. The number of ether oxygens (including phenoxy) is 1. The monoisotopic (exact) mass is 576 g/mol. The van der Waals surface area contributed by atoms with Gasteiger partial charge in [-0.3, -0.25) is 9.13 Å². The highest BCUT2D eigenvalue weighted by atomic mass is 35.5. The molecule has 0 saturated carbocycles. The SMILES string of the molecule is O=P(O)(O)CP(=O)(O)OC[C@H]1O[C@@H](n2nnc3c(N[C@@H]4CCc5ccccc54)nc(Cl)nc32)[C@H](O)[C@@H]1O. The largest absolute Gasteiger partial charge is 0.387 e. The third-order valence-electron chi connectivity index (χ3n) is 6.12. The second-order valence-corrected chi connectivity index (χ2v) is 13.1. The van der Waals surface area contributed by atoms with Gasteiger partial charge in [-0.25, -0.2) is 0 Å². The molecular weight excluding hydrogens is 554 g/mol. The molecule has 15 nitrogen and oxygen atoms in total. The maximum Gasteiger partial charge on any atom is 0.340 e. The summed E-state index contributed by atoms with van der Waals surface area (Å²) < 4.78 is 34.4. The number of nitrogens with one attached hydrogen (secondary N) is 1. The van der Waals surface area contributed by atoms with Gasteiger partial charge in [0.15, 0.2) is 29.1 Å². The van der Waals surface area contributed by atoms with E-state index in [4.69, 9.17) is 30.6 Å². The molecule has 1 aromatic carbocycles. The Labute approximate surface area is 214 Å². The van der Waals surface area contributed by atoms with E-state index in [2.05, 4.69) is 31.7 Å². The van der Waals surface area contributed by atoms with Crippen molar-refractivity contribution in [3.05, 3.63) is 40.7 Å². The number of nitrogens with zero attached hydrogens (tertiary/aromatic N) is 5. The zero-order chi connectivity index (χ0) is 26.5. The van der Waals surface area contributed by atoms with E-state index in [-0.39, 0.29) is 22.5 Å². The van der Waals surface area contributed by atoms with Crippen LogP contribution in [0.25, 0.3) is 11.2 Å². The maximum absolute atomic E-state index is 11.9. The molecule has 0 radical (unpaired) electrons. The van der Waals surface area contributed by atoms with Crippen molar-refractivity contribution >= 4 is 43.8 Å². The molecule has 1 saturated heterocycles. The van der Waals surface area contributed by atoms with Crippen molar-refractivity contribution in [1.29, 1.82) is 0 Å². The maximum atomic E-state index is 11.9. The van der Waals surface area contributed by atoms with Gasteiger partial charge in [0.25, 0.3) is 0 Å². The van der Waals surface area contributed by atoms with Gasteiger partial charge in [-0.1, -0.05) is 29.5 Å². The minimum Gasteiger partial charge on any atom is -0.387 e. The number of aromatic nitrogens is 5. The first kappa shape index (κ1) is 26.6. The quantitative estimate of drug-likeness (QED) is 0.162. The second kappa shape index (κ2) is 9.93. The molecule has 37 heavy (non-hydrogen) atoms. The van der Waals surface area contributed by atoms with Crippen molar-refractivity contribution in [3.63, 3.8) is 0 Å². The Bertz CT molecular complexity index is 1420. The van der Waals surface area contributed by atoms with Gasteiger partial charge in [0.1, 0.15) is 18.3 Å². The summed E-state index contributed by atoms with van der Waals surface area (Å²) in [4.78, 5) is 35.9. The van der Waals surface area contributed by atoms with E-state index < -0.39 is 52.2 Å². The van der Waals surface area contributed by atoms with E-state index >= 15 is 0 Å². The minimum atomic E-state index is -4.84. The zero-order valence-corrected chi connectivity index (χ0v) is 21.4. The highest BCUT2D eigenvalue weighted by molar-refractivity contribution is 7.70. The molecule has 2 aliphatic rings. The lowest BCUT2D eigenvalue weighted by atomic mass is 10.1. The Morgan fingerprint density at radius 2 is 1.92 bits per heavy atom. The number of halogens is 1. The number of benzene rings is 1. The van der Waals surface area contributed by atoms with Crippen LogP contribution in [0.15, 0.2) is 24.3 Å². The summed E-state index contributed by atoms with van der Waals surface area (Å²) in [6.45, 7) is -0.737. The molecule has 1 aliphatic heterocycles. The molecule has 6 N–H and O–H groups in total. The van der Waals surface area contributed by atoms with E-state index in [1.165, 1.54) is 5.56 Å². The summed E-state index contributed by atoms with van der Waals surface area (Å²) in [5.74, 6) is -1.09. The smallest absolute Gasteiger partial charge is 0.340 e. The number of hydrogen-bond acceptors (Lipinski definition) is 11. The van der Waals surface area contributed by atoms with Crippen LogP contribution in [-0.2, 0) is 24.8 Å². The molecule has 6 atom stereocenters. The molecule has 18 heteroatoms. The lowest BCUT2D eigenvalue weighted by Crippen LogP contribution is -2.33. The number of aliphatic hydroxyl groups is 2. The summed E-state index contributed by atoms with van der Waals surface area (Å²) in [6.07, 6.45) is -4.12. The van der Waals surface area contributed by atoms with Crippen LogP contribution in [-0.4, -0.2) is 80.7 Å². The van der Waals surface area contributed by atoms with Crippen molar-refractivity contribution in [2.75, 3.05) is 17.8 Å². The fourth-order valence-corrected chi connectivity index (χ4v) is 7.21. The molecule has 0 bridgehead atoms. The van der Waals surface area contributed by atoms with Gasteiger partial charge in [-0.2, -0.15) is 14.6 Å². The molecule has 2 aromatic heterocycles. The molecule has 1 aliphatic carbocycles. The van der Waals surface area contributed by atoms with E-state index in [1.807, 2.05) is 18.2 Å². The second-order valence-electron chi connectivity index (χ2n) is 8.77. The first-order valence-corrected chi connectivity index (χ1v) is 15.0. The van der Waals surface area contributed by atoms with E-state index in [0.717, 1.165) is 23.1 Å². The standard InChI is InChI=1S/C19H23ClN6O9P2/c20-19-22-16(21-11-6-5-9-3-1-2-4-10(9)11)13-17(23-19)26(25-24-13)18-15(28)14(27)12(35-18)7-34-37(32,33)8-36(29,30)31/h1-4,11-12,14-15,18,27-28H,5-8H2,(H,32,33)(H,21,22,23)(H2,29,30,31)/t11-,12-,14-,15-,18-/m1/s1. The molecule has 0 spiro atoms. The minimum absolute atomic E-state index is 0.0468. The number of aryl methyl sites for hydroxylation is 1. The summed E-state index contributed by atoms with van der Waals surface area (Å²) in [5, 5.41) is 32.3. The number of anilines is 1. The van der Waals surface area contributed by atoms with Crippen LogP contribution < -0.4 is 5.32 Å². The van der Waals surface area contributed by atoms with E-state index in [0.29, 0.717) is 5.82 Å². The Kier molecular flexibility index (Phi) is 7.13. The first-order chi connectivity index (χ1) is 17.4. The lowest BCUT2D eigenvalue weighted by molar-refractivity contribution is -0.0549. The molecule has 3 aromatic rings. The number of rotatable bonds is 8. The Balaban J connectivity index is 1.37. The van der Waals surface area contributed by atoms with Crippen LogP contribution in [0.5, 0.6) is 0 Å². The highest BCUT2D eigenvalue weighted by Gasteiger charge is 2.46. The summed E-state index contributed by atoms with van der Waals surface area (Å²) in [7, 11) is -9.54. The van der Waals surface area contributed by atoms with E-state index in [9.17, 15) is 24.2 Å². The summed E-state index contributed by atoms with van der Waals surface area (Å²) in [6, 6.07) is 7.96. The molecular formula is C19H23ClN6O9P2. The van der Waals surface area contributed by atoms with Crippen molar-refractivity contribution in [2.24, 2.45) is 0 Å². The van der Waals surface area contributed by atoms with Gasteiger partial charge in [-0.05, 0) is 35.6 Å². The number of fused-ring (bicyclic) bond motifs is 2. The first-order valence-electron chi connectivity index (χ1n) is 11.1.